The Kier molecular flexibility index (Phi) is 7.34. The highest BCUT2D eigenvalue weighted by Gasteiger charge is 2.28. The number of nitrogens with one attached hydrogen (secondary N) is 2. The van der Waals surface area contributed by atoms with Gasteiger partial charge in [0.25, 0.3) is 0 Å². The van der Waals surface area contributed by atoms with Gasteiger partial charge < -0.3 is 15.4 Å². The van der Waals surface area contributed by atoms with Crippen LogP contribution in [0.3, 0.4) is 0 Å². The van der Waals surface area contributed by atoms with Crippen molar-refractivity contribution >= 4 is 33.9 Å². The van der Waals surface area contributed by atoms with Crippen molar-refractivity contribution in [2.45, 2.75) is 25.8 Å². The molecular weight excluding hydrogens is 555 g/mol. The van der Waals surface area contributed by atoms with Crippen LogP contribution in [0.15, 0.2) is 73.3 Å². The first kappa shape index (κ1) is 26.3. The van der Waals surface area contributed by atoms with Gasteiger partial charge in [0.05, 0.1) is 47.3 Å². The number of benzene rings is 2. The molecule has 0 unspecified atom stereocenters. The van der Waals surface area contributed by atoms with Gasteiger partial charge in [0.15, 0.2) is 0 Å². The number of ether oxygens (including phenoxy) is 1. The number of fused-ring (bicyclic) bond motifs is 1. The van der Waals surface area contributed by atoms with Crippen molar-refractivity contribution in [2.75, 3.05) is 30.4 Å². The molecule has 0 spiro atoms. The molecule has 5 aromatic rings. The topological polar surface area (TPSA) is 114 Å². The normalized spacial score (nSPS) is 16.3. The van der Waals surface area contributed by atoms with Crippen molar-refractivity contribution in [2.24, 2.45) is 5.41 Å². The number of pyridine rings is 2. The first-order chi connectivity index (χ1) is 20.8. The van der Waals surface area contributed by atoms with Crippen LogP contribution in [0.1, 0.15) is 44.0 Å². The van der Waals surface area contributed by atoms with E-state index >= 15 is 0 Å². The summed E-state index contributed by atoms with van der Waals surface area (Å²) in [7, 11) is 0. The quantitative estimate of drug-likeness (QED) is 0.219. The summed E-state index contributed by atoms with van der Waals surface area (Å²) in [4.78, 5) is 8.59. The Morgan fingerprint density at radius 1 is 1.21 bits per heavy atom. The summed E-state index contributed by atoms with van der Waals surface area (Å²) in [5, 5.41) is 26.2. The molecule has 212 valence electrons. The first-order valence-electron chi connectivity index (χ1n) is 14.0. The fourth-order valence-electron chi connectivity index (χ4n) is 4.99. The molecule has 9 nitrogen and oxygen atoms in total. The van der Waals surface area contributed by atoms with Crippen LogP contribution in [-0.4, -0.2) is 44.7 Å². The smallest absolute Gasteiger partial charge is 0.123 e. The summed E-state index contributed by atoms with van der Waals surface area (Å²) in [6.07, 6.45) is 8.22. The summed E-state index contributed by atoms with van der Waals surface area (Å²) in [5.41, 5.74) is 3.35. The average Bonchev–Trinajstić information content (AvgIpc) is 3.52. The average molecular weight is 584 g/mol. The third-order valence-electron chi connectivity index (χ3n) is 7.50. The molecule has 1 aliphatic heterocycles. The number of hydrogen-bond donors (Lipinski definition) is 2. The number of anilines is 2. The fraction of sp³-hybridized carbons (Fsp3) is 0.258. The monoisotopic (exact) mass is 583 g/mol. The van der Waals surface area contributed by atoms with Crippen molar-refractivity contribution in [3.63, 3.8) is 0 Å². The van der Waals surface area contributed by atoms with E-state index in [1.807, 2.05) is 12.1 Å². The maximum Gasteiger partial charge on any atom is 0.123 e. The number of nitrogens with zero attached hydrogens (tertiary/aromatic N) is 6. The molecule has 0 radical (unpaired) electrons. The molecule has 11 heteroatoms. The molecule has 4 heterocycles. The number of rotatable bonds is 8. The SMILES string of the molecule is [2H][C@@](Nc1cc(Cl)c2ncc(C#N)c(NCC3(C)CCOCC3)c2c1)(c1ccc(F)cc1)c1cn(-c2cccnc2)nn1. The summed E-state index contributed by atoms with van der Waals surface area (Å²) < 4.78 is 30.6. The number of aromatic nitrogens is 5. The molecule has 2 N–H and O–H groups in total. The minimum absolute atomic E-state index is 0.000755. The summed E-state index contributed by atoms with van der Waals surface area (Å²) in [5.74, 6) is -0.428. The fourth-order valence-corrected chi connectivity index (χ4v) is 5.26. The zero-order valence-electron chi connectivity index (χ0n) is 23.8. The standard InChI is InChI=1S/C31H28ClFN8O/c1-31(8-11-42-12-9-31)19-37-28-21(15-34)16-36-30-25(28)13-23(14-26(30)32)38-29(20-4-6-22(33)7-5-20)27-18-41(40-39-27)24-3-2-10-35-17-24/h2-7,10,13-14,16-18,29,38H,8-9,11-12,19H2,1H3,(H,36,37)/t29-/m1/s1/i29D. The molecule has 1 atom stereocenters. The Hall–Kier alpha value is -4.59. The molecule has 0 aliphatic carbocycles. The van der Waals surface area contributed by atoms with E-state index in [1.54, 1.807) is 30.7 Å². The van der Waals surface area contributed by atoms with E-state index < -0.39 is 11.8 Å². The maximum atomic E-state index is 13.9. The zero-order valence-corrected chi connectivity index (χ0v) is 23.6. The maximum absolute atomic E-state index is 13.9. The first-order valence-corrected chi connectivity index (χ1v) is 13.9. The van der Waals surface area contributed by atoms with Crippen molar-refractivity contribution in [3.8, 4) is 11.8 Å². The molecule has 6 rings (SSSR count). The minimum Gasteiger partial charge on any atom is -0.383 e. The van der Waals surface area contributed by atoms with Gasteiger partial charge in [0.1, 0.15) is 17.6 Å². The molecule has 1 aliphatic rings. The van der Waals surface area contributed by atoms with Gasteiger partial charge in [-0.2, -0.15) is 5.26 Å². The highest BCUT2D eigenvalue weighted by molar-refractivity contribution is 6.35. The molecule has 3 aromatic heterocycles. The summed E-state index contributed by atoms with van der Waals surface area (Å²) in [6.45, 7) is 4.23. The molecule has 1 fully saturated rings. The molecule has 0 bridgehead atoms. The van der Waals surface area contributed by atoms with Crippen molar-refractivity contribution in [1.82, 2.24) is 25.0 Å². The Bertz CT molecular complexity index is 1810. The Labute approximate surface area is 248 Å². The lowest BCUT2D eigenvalue weighted by molar-refractivity contribution is 0.0300. The Morgan fingerprint density at radius 3 is 2.76 bits per heavy atom. The summed E-state index contributed by atoms with van der Waals surface area (Å²) >= 11 is 6.75. The van der Waals surface area contributed by atoms with Crippen molar-refractivity contribution < 1.29 is 10.5 Å². The van der Waals surface area contributed by atoms with Crippen LogP contribution in [0.5, 0.6) is 0 Å². The molecule has 2 aromatic carbocycles. The van der Waals surface area contributed by atoms with Gasteiger partial charge in [-0.1, -0.05) is 35.9 Å². The van der Waals surface area contributed by atoms with E-state index in [0.717, 1.165) is 12.8 Å². The molecular formula is C31H28ClFN8O. The molecule has 1 saturated heterocycles. The second kappa shape index (κ2) is 11.7. The highest BCUT2D eigenvalue weighted by atomic mass is 35.5. The van der Waals surface area contributed by atoms with E-state index in [0.29, 0.717) is 63.9 Å². The lowest BCUT2D eigenvalue weighted by atomic mass is 9.82. The second-order valence-corrected chi connectivity index (χ2v) is 11.0. The van der Waals surface area contributed by atoms with E-state index in [4.69, 9.17) is 16.3 Å². The molecule has 0 amide bonds. The second-order valence-electron chi connectivity index (χ2n) is 10.6. The predicted molar refractivity (Wildman–Crippen MR) is 159 cm³/mol. The van der Waals surface area contributed by atoms with Crippen LogP contribution in [0.2, 0.25) is 5.02 Å². The van der Waals surface area contributed by atoms with Gasteiger partial charge in [-0.05, 0) is 60.2 Å². The highest BCUT2D eigenvalue weighted by Crippen LogP contribution is 2.37. The van der Waals surface area contributed by atoms with E-state index in [9.17, 15) is 11.0 Å². The predicted octanol–water partition coefficient (Wildman–Crippen LogP) is 6.30. The van der Waals surface area contributed by atoms with Gasteiger partial charge >= 0.3 is 0 Å². The van der Waals surface area contributed by atoms with E-state index in [2.05, 4.69) is 43.9 Å². The number of hydrogen-bond acceptors (Lipinski definition) is 8. The van der Waals surface area contributed by atoms with E-state index in [-0.39, 0.29) is 11.1 Å². The molecule has 42 heavy (non-hydrogen) atoms. The minimum atomic E-state index is -1.70. The van der Waals surface area contributed by atoms with Gasteiger partial charge in [0.2, 0.25) is 0 Å². The van der Waals surface area contributed by atoms with Crippen molar-refractivity contribution in [1.29, 1.82) is 5.26 Å². The zero-order chi connectivity index (χ0) is 30.0. The van der Waals surface area contributed by atoms with E-state index in [1.165, 1.54) is 35.1 Å². The summed E-state index contributed by atoms with van der Waals surface area (Å²) in [6, 6.07) is 13.3. The van der Waals surface area contributed by atoms with Gasteiger partial charge in [-0.25, -0.2) is 9.07 Å². The van der Waals surface area contributed by atoms with Crippen LogP contribution in [0, 0.1) is 22.6 Å². The van der Waals surface area contributed by atoms with Gasteiger partial charge in [0, 0.05) is 43.2 Å². The lowest BCUT2D eigenvalue weighted by Gasteiger charge is -2.34. The van der Waals surface area contributed by atoms with Crippen LogP contribution in [-0.2, 0) is 4.74 Å². The van der Waals surface area contributed by atoms with Gasteiger partial charge in [-0.15, -0.1) is 5.10 Å². The van der Waals surface area contributed by atoms with Crippen LogP contribution in [0.4, 0.5) is 15.8 Å². The van der Waals surface area contributed by atoms with Crippen LogP contribution < -0.4 is 10.6 Å². The largest absolute Gasteiger partial charge is 0.383 e. The number of halogens is 2. The van der Waals surface area contributed by atoms with Crippen LogP contribution >= 0.6 is 11.6 Å². The van der Waals surface area contributed by atoms with Crippen LogP contribution in [0.25, 0.3) is 16.6 Å². The third kappa shape index (κ3) is 5.75. The van der Waals surface area contributed by atoms with Crippen molar-refractivity contribution in [3.05, 3.63) is 101 Å². The molecule has 0 saturated carbocycles. The lowest BCUT2D eigenvalue weighted by Crippen LogP contribution is -2.33. The van der Waals surface area contributed by atoms with Gasteiger partial charge in [-0.3, -0.25) is 9.97 Å². The number of nitriles is 1. The third-order valence-corrected chi connectivity index (χ3v) is 7.79. The Balaban J connectivity index is 1.42. The Morgan fingerprint density at radius 2 is 2.02 bits per heavy atom.